The zero-order valence-corrected chi connectivity index (χ0v) is 13.5. The smallest absolute Gasteiger partial charge is 0.254 e. The first-order valence-corrected chi connectivity index (χ1v) is 7.29. The Hall–Kier alpha value is -1.40. The number of nitrogens with one attached hydrogen (secondary N) is 1. The minimum absolute atomic E-state index is 0.188. The Morgan fingerprint density at radius 2 is 2.30 bits per heavy atom. The van der Waals surface area contributed by atoms with Crippen LogP contribution in [0, 0.1) is 0 Å². The van der Waals surface area contributed by atoms with Crippen LogP contribution in [0.1, 0.15) is 28.5 Å². The molecule has 0 aliphatic carbocycles. The first kappa shape index (κ1) is 15.0. The fourth-order valence-corrected chi connectivity index (χ4v) is 2.40. The Morgan fingerprint density at radius 1 is 1.55 bits per heavy atom. The van der Waals surface area contributed by atoms with E-state index >= 15 is 0 Å². The highest BCUT2D eigenvalue weighted by atomic mass is 79.9. The molecule has 0 atom stereocenters. The molecule has 106 valence electrons. The van der Waals surface area contributed by atoms with Gasteiger partial charge in [0.2, 0.25) is 0 Å². The monoisotopic (exact) mass is 356 g/mol. The Morgan fingerprint density at radius 3 is 3.00 bits per heavy atom. The summed E-state index contributed by atoms with van der Waals surface area (Å²) in [4.78, 5) is 16.0. The van der Waals surface area contributed by atoms with Crippen molar-refractivity contribution in [2.45, 2.75) is 19.9 Å². The molecule has 0 bridgehead atoms. The van der Waals surface area contributed by atoms with Gasteiger partial charge in [0.05, 0.1) is 11.3 Å². The van der Waals surface area contributed by atoms with E-state index in [1.54, 1.807) is 16.9 Å². The molecular weight excluding hydrogens is 344 g/mol. The van der Waals surface area contributed by atoms with Gasteiger partial charge in [0.15, 0.2) is 0 Å². The molecule has 2 rings (SSSR count). The standard InChI is InChI=1S/C13H14BrClN4O/c1-3-11-8(7-19(2)18-11)5-17-13(20)10-4-9(14)6-16-12(10)15/h4,6-7H,3,5H2,1-2H3,(H,17,20). The molecule has 7 heteroatoms. The minimum atomic E-state index is -0.255. The number of halogens is 2. The van der Waals surface area contributed by atoms with Gasteiger partial charge >= 0.3 is 0 Å². The first-order chi connectivity index (χ1) is 9.51. The highest BCUT2D eigenvalue weighted by molar-refractivity contribution is 9.10. The van der Waals surface area contributed by atoms with E-state index in [0.717, 1.165) is 17.7 Å². The van der Waals surface area contributed by atoms with Gasteiger partial charge in [-0.2, -0.15) is 5.10 Å². The molecule has 1 amide bonds. The van der Waals surface area contributed by atoms with Crippen LogP contribution < -0.4 is 5.32 Å². The van der Waals surface area contributed by atoms with Crippen LogP contribution in [0.25, 0.3) is 0 Å². The van der Waals surface area contributed by atoms with Crippen LogP contribution >= 0.6 is 27.5 Å². The molecule has 2 aromatic heterocycles. The van der Waals surface area contributed by atoms with Gasteiger partial charge in [0.1, 0.15) is 5.15 Å². The van der Waals surface area contributed by atoms with Crippen molar-refractivity contribution >= 4 is 33.4 Å². The molecule has 2 aromatic rings. The number of carbonyl (C=O) groups excluding carboxylic acids is 1. The van der Waals surface area contributed by atoms with Crippen LogP contribution in [0.3, 0.4) is 0 Å². The van der Waals surface area contributed by atoms with Crippen molar-refractivity contribution in [3.8, 4) is 0 Å². The number of amides is 1. The van der Waals surface area contributed by atoms with Crippen LogP contribution in [-0.2, 0) is 20.0 Å². The summed E-state index contributed by atoms with van der Waals surface area (Å²) >= 11 is 9.20. The third-order valence-corrected chi connectivity index (χ3v) is 3.55. The molecular formula is C13H14BrClN4O. The second-order valence-electron chi connectivity index (χ2n) is 4.30. The van der Waals surface area contributed by atoms with Gasteiger partial charge in [0.25, 0.3) is 5.91 Å². The first-order valence-electron chi connectivity index (χ1n) is 6.12. The van der Waals surface area contributed by atoms with Crippen molar-refractivity contribution < 1.29 is 4.79 Å². The summed E-state index contributed by atoms with van der Waals surface area (Å²) in [6, 6.07) is 1.65. The normalized spacial score (nSPS) is 10.6. The van der Waals surface area contributed by atoms with Crippen LogP contribution in [0.2, 0.25) is 5.15 Å². The molecule has 0 saturated heterocycles. The second-order valence-corrected chi connectivity index (χ2v) is 5.58. The van der Waals surface area contributed by atoms with E-state index in [2.05, 4.69) is 31.3 Å². The lowest BCUT2D eigenvalue weighted by Gasteiger charge is -2.06. The maximum absolute atomic E-state index is 12.1. The molecule has 1 N–H and O–H groups in total. The van der Waals surface area contributed by atoms with E-state index < -0.39 is 0 Å². The lowest BCUT2D eigenvalue weighted by atomic mass is 10.2. The molecule has 2 heterocycles. The average molecular weight is 358 g/mol. The van der Waals surface area contributed by atoms with E-state index in [1.165, 1.54) is 0 Å². The third kappa shape index (κ3) is 3.37. The molecule has 0 saturated carbocycles. The van der Waals surface area contributed by atoms with Gasteiger partial charge in [0, 0.05) is 36.0 Å². The van der Waals surface area contributed by atoms with E-state index in [4.69, 9.17) is 11.6 Å². The molecule has 5 nitrogen and oxygen atoms in total. The van der Waals surface area contributed by atoms with E-state index in [-0.39, 0.29) is 11.1 Å². The van der Waals surface area contributed by atoms with Crippen molar-refractivity contribution in [1.29, 1.82) is 0 Å². The van der Waals surface area contributed by atoms with E-state index in [9.17, 15) is 4.79 Å². The SMILES string of the molecule is CCc1nn(C)cc1CNC(=O)c1cc(Br)cnc1Cl. The summed E-state index contributed by atoms with van der Waals surface area (Å²) in [6.07, 6.45) is 4.28. The highest BCUT2D eigenvalue weighted by Gasteiger charge is 2.13. The Bertz CT molecular complexity index is 641. The Kier molecular flexibility index (Phi) is 4.77. The largest absolute Gasteiger partial charge is 0.348 e. The summed E-state index contributed by atoms with van der Waals surface area (Å²) in [5, 5.41) is 7.35. The number of nitrogens with zero attached hydrogens (tertiary/aromatic N) is 3. The van der Waals surface area contributed by atoms with Crippen molar-refractivity contribution in [3.63, 3.8) is 0 Å². The zero-order valence-electron chi connectivity index (χ0n) is 11.2. The molecule has 20 heavy (non-hydrogen) atoms. The lowest BCUT2D eigenvalue weighted by molar-refractivity contribution is 0.0950. The van der Waals surface area contributed by atoms with Gasteiger partial charge in [-0.05, 0) is 28.4 Å². The summed E-state index contributed by atoms with van der Waals surface area (Å²) < 4.78 is 2.45. The van der Waals surface area contributed by atoms with Crippen LogP contribution in [0.5, 0.6) is 0 Å². The van der Waals surface area contributed by atoms with Crippen molar-refractivity contribution in [1.82, 2.24) is 20.1 Å². The number of pyridine rings is 1. The number of aryl methyl sites for hydroxylation is 2. The summed E-state index contributed by atoms with van der Waals surface area (Å²) in [6.45, 7) is 2.45. The molecule has 0 radical (unpaired) electrons. The van der Waals surface area contributed by atoms with Gasteiger partial charge in [-0.1, -0.05) is 18.5 Å². The number of carbonyl (C=O) groups is 1. The summed E-state index contributed by atoms with van der Waals surface area (Å²) in [5.74, 6) is -0.255. The summed E-state index contributed by atoms with van der Waals surface area (Å²) in [7, 11) is 1.86. The maximum Gasteiger partial charge on any atom is 0.254 e. The van der Waals surface area contributed by atoms with Gasteiger partial charge in [-0.25, -0.2) is 4.98 Å². The number of hydrogen-bond donors (Lipinski definition) is 1. The fraction of sp³-hybridized carbons (Fsp3) is 0.308. The molecule has 0 unspecified atom stereocenters. The third-order valence-electron chi connectivity index (χ3n) is 2.82. The molecule has 0 aliphatic rings. The molecule has 0 fully saturated rings. The lowest BCUT2D eigenvalue weighted by Crippen LogP contribution is -2.23. The van der Waals surface area contributed by atoms with E-state index in [0.29, 0.717) is 16.6 Å². The average Bonchev–Trinajstić information content (AvgIpc) is 2.79. The van der Waals surface area contributed by atoms with Gasteiger partial charge < -0.3 is 5.32 Å². The van der Waals surface area contributed by atoms with Gasteiger partial charge in [-0.3, -0.25) is 9.48 Å². The van der Waals surface area contributed by atoms with Crippen molar-refractivity contribution in [2.24, 2.45) is 7.05 Å². The van der Waals surface area contributed by atoms with Gasteiger partial charge in [-0.15, -0.1) is 0 Å². The van der Waals surface area contributed by atoms with Crippen molar-refractivity contribution in [2.75, 3.05) is 0 Å². The van der Waals surface area contributed by atoms with Crippen LogP contribution in [0.4, 0.5) is 0 Å². The maximum atomic E-state index is 12.1. The van der Waals surface area contributed by atoms with Crippen LogP contribution in [-0.4, -0.2) is 20.7 Å². The second kappa shape index (κ2) is 6.37. The highest BCUT2D eigenvalue weighted by Crippen LogP contribution is 2.18. The zero-order chi connectivity index (χ0) is 14.7. The van der Waals surface area contributed by atoms with E-state index in [1.807, 2.05) is 20.2 Å². The van der Waals surface area contributed by atoms with Crippen LogP contribution in [0.15, 0.2) is 22.9 Å². The van der Waals surface area contributed by atoms with Crippen molar-refractivity contribution in [3.05, 3.63) is 44.9 Å². The predicted molar refractivity (Wildman–Crippen MR) is 80.7 cm³/mol. The summed E-state index contributed by atoms with van der Waals surface area (Å²) in [5.41, 5.74) is 2.33. The topological polar surface area (TPSA) is 59.8 Å². The Labute approximate surface area is 130 Å². The fourth-order valence-electron chi connectivity index (χ4n) is 1.88. The number of aromatic nitrogens is 3. The molecule has 0 spiro atoms. The molecule has 0 aliphatic heterocycles. The quantitative estimate of drug-likeness (QED) is 0.856. The number of hydrogen-bond acceptors (Lipinski definition) is 3. The number of rotatable bonds is 4. The Balaban J connectivity index is 2.10. The molecule has 0 aromatic carbocycles. The minimum Gasteiger partial charge on any atom is -0.348 e. The predicted octanol–water partition coefficient (Wildman–Crippen LogP) is 2.72.